The highest BCUT2D eigenvalue weighted by Crippen LogP contribution is 2.25. The number of nitrogens with zero attached hydrogens (tertiary/aromatic N) is 2. The molecule has 0 radical (unpaired) electrons. The summed E-state index contributed by atoms with van der Waals surface area (Å²) < 4.78 is 0. The third-order valence-corrected chi connectivity index (χ3v) is 2.83. The van der Waals surface area contributed by atoms with Gasteiger partial charge in [0.15, 0.2) is 0 Å². The van der Waals surface area contributed by atoms with Crippen molar-refractivity contribution in [2.45, 2.75) is 27.7 Å². The molecule has 1 aromatic carbocycles. The van der Waals surface area contributed by atoms with E-state index < -0.39 is 0 Å². The van der Waals surface area contributed by atoms with E-state index in [1.807, 2.05) is 12.1 Å². The van der Waals surface area contributed by atoms with Crippen molar-refractivity contribution in [3.05, 3.63) is 28.8 Å². The molecule has 0 aromatic heterocycles. The fourth-order valence-electron chi connectivity index (χ4n) is 2.03. The zero-order valence-electron chi connectivity index (χ0n) is 11.6. The number of halogens is 1. The van der Waals surface area contributed by atoms with Crippen LogP contribution >= 0.6 is 11.6 Å². The number of rotatable bonds is 5. The lowest BCUT2D eigenvalue weighted by molar-refractivity contribution is 0.552. The Labute approximate surface area is 115 Å². The highest BCUT2D eigenvalue weighted by molar-refractivity contribution is 6.30. The number of hydrogen-bond acceptors (Lipinski definition) is 2. The van der Waals surface area contributed by atoms with Gasteiger partial charge in [-0.25, -0.2) is 0 Å². The third-order valence-electron chi connectivity index (χ3n) is 2.59. The van der Waals surface area contributed by atoms with Gasteiger partial charge in [0, 0.05) is 18.1 Å². The predicted octanol–water partition coefficient (Wildman–Crippen LogP) is 4.33. The first-order valence-electron chi connectivity index (χ1n) is 6.38. The van der Waals surface area contributed by atoms with E-state index in [1.165, 1.54) is 0 Å². The van der Waals surface area contributed by atoms with Gasteiger partial charge < -0.3 is 4.90 Å². The van der Waals surface area contributed by atoms with Crippen LogP contribution in [0.25, 0.3) is 0 Å². The average molecular weight is 265 g/mol. The third kappa shape index (κ3) is 4.23. The van der Waals surface area contributed by atoms with Crippen molar-refractivity contribution in [2.75, 3.05) is 18.0 Å². The quantitative estimate of drug-likeness (QED) is 0.791. The molecule has 0 saturated heterocycles. The van der Waals surface area contributed by atoms with Crippen molar-refractivity contribution in [3.63, 3.8) is 0 Å². The molecule has 0 amide bonds. The van der Waals surface area contributed by atoms with Crippen molar-refractivity contribution in [2.24, 2.45) is 11.8 Å². The van der Waals surface area contributed by atoms with Gasteiger partial charge in [-0.15, -0.1) is 0 Å². The topological polar surface area (TPSA) is 27.0 Å². The molecule has 1 rings (SSSR count). The van der Waals surface area contributed by atoms with Gasteiger partial charge in [-0.05, 0) is 30.0 Å². The first-order chi connectivity index (χ1) is 8.43. The molecule has 0 atom stereocenters. The molecule has 2 nitrogen and oxygen atoms in total. The predicted molar refractivity (Wildman–Crippen MR) is 78.1 cm³/mol. The lowest BCUT2D eigenvalue weighted by Crippen LogP contribution is -2.31. The van der Waals surface area contributed by atoms with Crippen LogP contribution in [0.4, 0.5) is 5.69 Å². The summed E-state index contributed by atoms with van der Waals surface area (Å²) in [4.78, 5) is 2.28. The minimum atomic E-state index is 0.561. The van der Waals surface area contributed by atoms with Crippen LogP contribution < -0.4 is 4.90 Å². The summed E-state index contributed by atoms with van der Waals surface area (Å²) in [5.74, 6) is 1.12. The molecule has 0 bridgehead atoms. The summed E-state index contributed by atoms with van der Waals surface area (Å²) in [5, 5.41) is 9.84. The van der Waals surface area contributed by atoms with Crippen molar-refractivity contribution >= 4 is 17.3 Å². The van der Waals surface area contributed by atoms with Gasteiger partial charge in [-0.1, -0.05) is 39.3 Å². The maximum Gasteiger partial charge on any atom is 0.101 e. The summed E-state index contributed by atoms with van der Waals surface area (Å²) in [6.45, 7) is 10.7. The van der Waals surface area contributed by atoms with Crippen LogP contribution in [0.2, 0.25) is 5.02 Å². The molecule has 0 aliphatic carbocycles. The summed E-state index contributed by atoms with van der Waals surface area (Å²) in [6, 6.07) is 7.78. The molecule has 0 aliphatic heterocycles. The van der Waals surface area contributed by atoms with E-state index in [4.69, 9.17) is 11.6 Å². The molecule has 18 heavy (non-hydrogen) atoms. The van der Waals surface area contributed by atoms with Crippen molar-refractivity contribution in [3.8, 4) is 6.07 Å². The molecule has 1 aromatic rings. The van der Waals surface area contributed by atoms with Crippen molar-refractivity contribution in [1.82, 2.24) is 0 Å². The van der Waals surface area contributed by atoms with Crippen LogP contribution in [0.15, 0.2) is 18.2 Å². The molecule has 98 valence electrons. The molecular weight excluding hydrogens is 244 g/mol. The SMILES string of the molecule is CC(C)CN(CC(C)C)c1ccc(Cl)cc1C#N. The minimum absolute atomic E-state index is 0.561. The highest BCUT2D eigenvalue weighted by atomic mass is 35.5. The molecule has 0 saturated carbocycles. The number of anilines is 1. The molecule has 0 heterocycles. The van der Waals surface area contributed by atoms with Gasteiger partial charge in [0.25, 0.3) is 0 Å². The van der Waals surface area contributed by atoms with Crippen LogP contribution in [-0.4, -0.2) is 13.1 Å². The zero-order chi connectivity index (χ0) is 13.7. The smallest absolute Gasteiger partial charge is 0.101 e. The van der Waals surface area contributed by atoms with E-state index in [2.05, 4.69) is 38.7 Å². The van der Waals surface area contributed by atoms with Gasteiger partial charge >= 0.3 is 0 Å². The van der Waals surface area contributed by atoms with Crippen LogP contribution in [0.1, 0.15) is 33.3 Å². The Kier molecular flexibility index (Phi) is 5.50. The molecule has 0 aliphatic rings. The van der Waals surface area contributed by atoms with Gasteiger partial charge in [0.1, 0.15) is 6.07 Å². The van der Waals surface area contributed by atoms with E-state index in [-0.39, 0.29) is 0 Å². The number of benzene rings is 1. The first-order valence-corrected chi connectivity index (χ1v) is 6.76. The maximum atomic E-state index is 9.22. The van der Waals surface area contributed by atoms with Gasteiger partial charge in [0.05, 0.1) is 11.3 Å². The second kappa shape index (κ2) is 6.66. The van der Waals surface area contributed by atoms with Crippen LogP contribution in [0.5, 0.6) is 0 Å². The second-order valence-electron chi connectivity index (χ2n) is 5.47. The molecule has 0 fully saturated rings. The second-order valence-corrected chi connectivity index (χ2v) is 5.90. The van der Waals surface area contributed by atoms with Gasteiger partial charge in [0.2, 0.25) is 0 Å². The summed E-state index contributed by atoms with van der Waals surface area (Å²) in [7, 11) is 0. The monoisotopic (exact) mass is 264 g/mol. The van der Waals surface area contributed by atoms with E-state index in [0.29, 0.717) is 22.4 Å². The summed E-state index contributed by atoms with van der Waals surface area (Å²) >= 11 is 5.94. The largest absolute Gasteiger partial charge is 0.370 e. The Hall–Kier alpha value is -1.20. The first kappa shape index (κ1) is 14.9. The molecule has 0 spiro atoms. The normalized spacial score (nSPS) is 10.8. The van der Waals surface area contributed by atoms with E-state index >= 15 is 0 Å². The molecule has 0 unspecified atom stereocenters. The Morgan fingerprint density at radius 1 is 1.17 bits per heavy atom. The van der Waals surface area contributed by atoms with E-state index in [1.54, 1.807) is 6.07 Å². The van der Waals surface area contributed by atoms with Crippen LogP contribution in [0, 0.1) is 23.2 Å². The molecular formula is C15H21ClN2. The van der Waals surface area contributed by atoms with Crippen molar-refractivity contribution in [1.29, 1.82) is 5.26 Å². The minimum Gasteiger partial charge on any atom is -0.370 e. The summed E-state index contributed by atoms with van der Waals surface area (Å²) in [6.07, 6.45) is 0. The Morgan fingerprint density at radius 2 is 1.72 bits per heavy atom. The van der Waals surface area contributed by atoms with Crippen molar-refractivity contribution < 1.29 is 0 Å². The molecule has 0 N–H and O–H groups in total. The average Bonchev–Trinajstić information content (AvgIpc) is 2.26. The van der Waals surface area contributed by atoms with E-state index in [0.717, 1.165) is 18.8 Å². The van der Waals surface area contributed by atoms with E-state index in [9.17, 15) is 5.26 Å². The Bertz CT molecular complexity index is 423. The Morgan fingerprint density at radius 3 is 2.17 bits per heavy atom. The Balaban J connectivity index is 3.08. The van der Waals surface area contributed by atoms with Crippen LogP contribution in [-0.2, 0) is 0 Å². The zero-order valence-corrected chi connectivity index (χ0v) is 12.3. The number of nitriles is 1. The lowest BCUT2D eigenvalue weighted by atomic mass is 10.1. The van der Waals surface area contributed by atoms with Crippen LogP contribution in [0.3, 0.4) is 0 Å². The van der Waals surface area contributed by atoms with Gasteiger partial charge in [-0.2, -0.15) is 5.26 Å². The lowest BCUT2D eigenvalue weighted by Gasteiger charge is -2.29. The number of hydrogen-bond donors (Lipinski definition) is 0. The fourth-order valence-corrected chi connectivity index (χ4v) is 2.20. The fraction of sp³-hybridized carbons (Fsp3) is 0.533. The van der Waals surface area contributed by atoms with Gasteiger partial charge in [-0.3, -0.25) is 0 Å². The standard InChI is InChI=1S/C15H21ClN2/c1-11(2)9-18(10-12(3)4)15-6-5-14(16)7-13(15)8-17/h5-7,11-12H,9-10H2,1-4H3. The maximum absolute atomic E-state index is 9.22. The summed E-state index contributed by atoms with van der Waals surface area (Å²) in [5.41, 5.74) is 1.65. The highest BCUT2D eigenvalue weighted by Gasteiger charge is 2.14. The molecule has 3 heteroatoms.